The van der Waals surface area contributed by atoms with Gasteiger partial charge in [0.05, 0.1) is 33.9 Å². The zero-order chi connectivity index (χ0) is 22.4. The topological polar surface area (TPSA) is 113 Å². The fraction of sp³-hybridized carbons (Fsp3) is 0.286. The predicted molar refractivity (Wildman–Crippen MR) is 115 cm³/mol. The monoisotopic (exact) mass is 443 g/mol. The number of nitro benzene ring substituents is 1. The van der Waals surface area contributed by atoms with E-state index in [0.29, 0.717) is 30.1 Å². The van der Waals surface area contributed by atoms with Crippen LogP contribution in [0.15, 0.2) is 47.5 Å². The van der Waals surface area contributed by atoms with Crippen molar-refractivity contribution in [3.05, 3.63) is 68.5 Å². The Labute approximate surface area is 181 Å². The molecule has 0 bridgehead atoms. The Kier molecular flexibility index (Phi) is 7.27. The van der Waals surface area contributed by atoms with E-state index in [4.69, 9.17) is 9.47 Å². The number of fused-ring (bicyclic) bond motifs is 1. The number of hydrogen-bond acceptors (Lipinski definition) is 7. The molecule has 0 spiro atoms. The number of aromatic nitrogens is 1. The van der Waals surface area contributed by atoms with Crippen molar-refractivity contribution in [3.63, 3.8) is 0 Å². The zero-order valence-corrected chi connectivity index (χ0v) is 17.9. The molecule has 2 aromatic carbocycles. The van der Waals surface area contributed by atoms with Gasteiger partial charge in [-0.3, -0.25) is 14.9 Å². The van der Waals surface area contributed by atoms with E-state index in [1.54, 1.807) is 25.1 Å². The number of amides is 1. The summed E-state index contributed by atoms with van der Waals surface area (Å²) in [6, 6.07) is 10.6. The minimum Gasteiger partial charge on any atom is -0.462 e. The van der Waals surface area contributed by atoms with Gasteiger partial charge in [-0.15, -0.1) is 0 Å². The van der Waals surface area contributed by atoms with Gasteiger partial charge in [0.15, 0.2) is 4.80 Å². The summed E-state index contributed by atoms with van der Waals surface area (Å²) < 4.78 is 13.1. The predicted octanol–water partition coefficient (Wildman–Crippen LogP) is 3.57. The van der Waals surface area contributed by atoms with E-state index in [1.807, 2.05) is 11.5 Å². The lowest BCUT2D eigenvalue weighted by molar-refractivity contribution is -0.384. The molecular formula is C21H21N3O6S. The van der Waals surface area contributed by atoms with Crippen LogP contribution in [-0.4, -0.2) is 41.2 Å². The zero-order valence-electron chi connectivity index (χ0n) is 17.1. The summed E-state index contributed by atoms with van der Waals surface area (Å²) in [5.74, 6) is -1.02. The normalized spacial score (nSPS) is 11.6. The summed E-state index contributed by atoms with van der Waals surface area (Å²) in [5, 5.41) is 11.0. The van der Waals surface area contributed by atoms with Gasteiger partial charge in [0.2, 0.25) is 0 Å². The molecule has 0 N–H and O–H groups in total. The van der Waals surface area contributed by atoms with Gasteiger partial charge in [-0.25, -0.2) is 4.79 Å². The second-order valence-corrected chi connectivity index (χ2v) is 7.37. The molecule has 3 rings (SSSR count). The SMILES string of the molecule is CCOCCn1c(=NC(=O)c2cccc([N+](=O)[O-])c2)sc2cc(C(=O)OCC)ccc21. The van der Waals surface area contributed by atoms with Crippen LogP contribution in [0.5, 0.6) is 0 Å². The van der Waals surface area contributed by atoms with Crippen molar-refractivity contribution < 1.29 is 24.0 Å². The van der Waals surface area contributed by atoms with Crippen LogP contribution in [0, 0.1) is 10.1 Å². The molecule has 31 heavy (non-hydrogen) atoms. The molecule has 0 aliphatic carbocycles. The fourth-order valence-electron chi connectivity index (χ4n) is 2.92. The Morgan fingerprint density at radius 3 is 2.65 bits per heavy atom. The molecular weight excluding hydrogens is 422 g/mol. The van der Waals surface area contributed by atoms with Crippen molar-refractivity contribution in [2.24, 2.45) is 4.99 Å². The number of carbonyl (C=O) groups is 2. The average Bonchev–Trinajstić information content (AvgIpc) is 3.10. The summed E-state index contributed by atoms with van der Waals surface area (Å²) in [7, 11) is 0. The van der Waals surface area contributed by atoms with Gasteiger partial charge in [-0.2, -0.15) is 4.99 Å². The molecule has 1 aromatic heterocycles. The lowest BCUT2D eigenvalue weighted by atomic mass is 10.2. The van der Waals surface area contributed by atoms with Gasteiger partial charge >= 0.3 is 5.97 Å². The first-order valence-corrected chi connectivity index (χ1v) is 10.5. The van der Waals surface area contributed by atoms with Crippen LogP contribution >= 0.6 is 11.3 Å². The Balaban J connectivity index is 2.06. The summed E-state index contributed by atoms with van der Waals surface area (Å²) >= 11 is 1.24. The molecule has 1 heterocycles. The minimum absolute atomic E-state index is 0.121. The first-order valence-electron chi connectivity index (χ1n) is 9.66. The van der Waals surface area contributed by atoms with Crippen LogP contribution in [0.1, 0.15) is 34.6 Å². The highest BCUT2D eigenvalue weighted by Gasteiger charge is 2.14. The standard InChI is InChI=1S/C21H21N3O6S/c1-3-29-11-10-23-17-9-8-15(20(26)30-4-2)13-18(17)31-21(23)22-19(25)14-6-5-7-16(12-14)24(27)28/h5-9,12-13H,3-4,10-11H2,1-2H3. The highest BCUT2D eigenvalue weighted by atomic mass is 32.1. The van der Waals surface area contributed by atoms with Crippen molar-refractivity contribution in [2.45, 2.75) is 20.4 Å². The lowest BCUT2D eigenvalue weighted by Crippen LogP contribution is -2.19. The average molecular weight is 443 g/mol. The number of nitrogens with zero attached hydrogens (tertiary/aromatic N) is 3. The number of nitro groups is 1. The van der Waals surface area contributed by atoms with Crippen molar-refractivity contribution in [2.75, 3.05) is 19.8 Å². The molecule has 0 aliphatic heterocycles. The number of benzene rings is 2. The minimum atomic E-state index is -0.592. The number of hydrogen-bond donors (Lipinski definition) is 0. The van der Waals surface area contributed by atoms with Gasteiger partial charge in [-0.1, -0.05) is 17.4 Å². The smallest absolute Gasteiger partial charge is 0.338 e. The number of non-ortho nitro benzene ring substituents is 1. The molecule has 0 aliphatic rings. The fourth-order valence-corrected chi connectivity index (χ4v) is 4.01. The number of rotatable bonds is 8. The third kappa shape index (κ3) is 5.22. The van der Waals surface area contributed by atoms with E-state index in [9.17, 15) is 19.7 Å². The van der Waals surface area contributed by atoms with Gasteiger partial charge < -0.3 is 14.0 Å². The Morgan fingerprint density at radius 2 is 1.94 bits per heavy atom. The first kappa shape index (κ1) is 22.3. The van der Waals surface area contributed by atoms with Crippen LogP contribution in [0.4, 0.5) is 5.69 Å². The van der Waals surface area contributed by atoms with Gasteiger partial charge in [0.25, 0.3) is 11.6 Å². The van der Waals surface area contributed by atoms with Gasteiger partial charge in [0, 0.05) is 30.8 Å². The van der Waals surface area contributed by atoms with E-state index in [1.165, 1.54) is 35.6 Å². The molecule has 0 saturated carbocycles. The van der Waals surface area contributed by atoms with Crippen LogP contribution in [-0.2, 0) is 16.0 Å². The van der Waals surface area contributed by atoms with Crippen molar-refractivity contribution >= 4 is 39.1 Å². The van der Waals surface area contributed by atoms with E-state index in [0.717, 1.165) is 10.2 Å². The summed E-state index contributed by atoms with van der Waals surface area (Å²) in [4.78, 5) is 39.8. The maximum Gasteiger partial charge on any atom is 0.338 e. The number of esters is 1. The molecule has 10 heteroatoms. The van der Waals surface area contributed by atoms with Crippen LogP contribution in [0.25, 0.3) is 10.2 Å². The quantitative estimate of drug-likeness (QED) is 0.228. The Morgan fingerprint density at radius 1 is 1.13 bits per heavy atom. The third-order valence-corrected chi connectivity index (χ3v) is 5.40. The van der Waals surface area contributed by atoms with Crippen LogP contribution < -0.4 is 4.80 Å². The van der Waals surface area contributed by atoms with Gasteiger partial charge in [0.1, 0.15) is 0 Å². The van der Waals surface area contributed by atoms with Crippen LogP contribution in [0.2, 0.25) is 0 Å². The molecule has 0 unspecified atom stereocenters. The molecule has 162 valence electrons. The largest absolute Gasteiger partial charge is 0.462 e. The lowest BCUT2D eigenvalue weighted by Gasteiger charge is -2.06. The maximum atomic E-state index is 12.7. The molecule has 0 radical (unpaired) electrons. The van der Waals surface area contributed by atoms with E-state index >= 15 is 0 Å². The van der Waals surface area contributed by atoms with Crippen molar-refractivity contribution in [1.82, 2.24) is 4.57 Å². The second-order valence-electron chi connectivity index (χ2n) is 6.36. The second kappa shape index (κ2) is 10.1. The maximum absolute atomic E-state index is 12.7. The third-order valence-electron chi connectivity index (χ3n) is 4.36. The first-order chi connectivity index (χ1) is 14.9. The molecule has 0 saturated heterocycles. The van der Waals surface area contributed by atoms with Crippen molar-refractivity contribution in [3.8, 4) is 0 Å². The highest BCUT2D eigenvalue weighted by molar-refractivity contribution is 7.16. The summed E-state index contributed by atoms with van der Waals surface area (Å²) in [6.07, 6.45) is 0. The van der Waals surface area contributed by atoms with E-state index < -0.39 is 16.8 Å². The molecule has 1 amide bonds. The molecule has 9 nitrogen and oxygen atoms in total. The summed E-state index contributed by atoms with van der Waals surface area (Å²) in [6.45, 7) is 5.31. The highest BCUT2D eigenvalue weighted by Crippen LogP contribution is 2.20. The van der Waals surface area contributed by atoms with E-state index in [2.05, 4.69) is 4.99 Å². The molecule has 0 atom stereocenters. The summed E-state index contributed by atoms with van der Waals surface area (Å²) in [5.41, 5.74) is 1.14. The number of ether oxygens (including phenoxy) is 2. The number of carbonyl (C=O) groups excluding carboxylic acids is 2. The Bertz CT molecular complexity index is 1200. The molecule has 0 fully saturated rings. The van der Waals surface area contributed by atoms with E-state index in [-0.39, 0.29) is 17.9 Å². The van der Waals surface area contributed by atoms with Crippen molar-refractivity contribution in [1.29, 1.82) is 0 Å². The molecule has 3 aromatic rings. The van der Waals surface area contributed by atoms with Crippen LogP contribution in [0.3, 0.4) is 0 Å². The Hall–Kier alpha value is -3.37. The number of thiazole rings is 1. The van der Waals surface area contributed by atoms with Gasteiger partial charge in [-0.05, 0) is 38.1 Å².